The summed E-state index contributed by atoms with van der Waals surface area (Å²) in [6.07, 6.45) is 0.980. The van der Waals surface area contributed by atoms with Gasteiger partial charge in [0.25, 0.3) is 11.5 Å². The van der Waals surface area contributed by atoms with Crippen LogP contribution in [0, 0.1) is 0 Å². The van der Waals surface area contributed by atoms with Gasteiger partial charge in [0.15, 0.2) is 6.10 Å². The number of fused-ring (bicyclic) bond motifs is 6. The van der Waals surface area contributed by atoms with Crippen LogP contribution in [-0.4, -0.2) is 31.4 Å². The summed E-state index contributed by atoms with van der Waals surface area (Å²) >= 11 is 0. The summed E-state index contributed by atoms with van der Waals surface area (Å²) in [6.45, 7) is 1.68. The molecule has 36 heavy (non-hydrogen) atoms. The van der Waals surface area contributed by atoms with Gasteiger partial charge in [-0.25, -0.2) is 4.98 Å². The van der Waals surface area contributed by atoms with Crippen LogP contribution in [0.4, 0.5) is 5.95 Å². The number of hydrogen-bond acceptors (Lipinski definition) is 5. The second-order valence-electron chi connectivity index (χ2n) is 8.77. The number of para-hydroxylation sites is 2. The zero-order valence-corrected chi connectivity index (χ0v) is 19.1. The number of aromatic amines is 1. The number of rotatable bonds is 4. The number of pyridine rings is 2. The number of nitrogens with one attached hydrogen (secondary N) is 2. The number of nitrogens with zero attached hydrogens (tertiary/aromatic N) is 3. The molecule has 7 aromatic rings. The molecule has 1 unspecified atom stereocenters. The highest BCUT2D eigenvalue weighted by molar-refractivity contribution is 6.18. The lowest BCUT2D eigenvalue weighted by Gasteiger charge is -2.14. The van der Waals surface area contributed by atoms with Crippen LogP contribution < -0.4 is 15.6 Å². The molecule has 8 heteroatoms. The van der Waals surface area contributed by atoms with Crippen molar-refractivity contribution in [3.05, 3.63) is 89.3 Å². The third kappa shape index (κ3) is 2.94. The van der Waals surface area contributed by atoms with E-state index in [-0.39, 0.29) is 11.5 Å². The molecule has 174 valence electrons. The molecule has 0 aliphatic heterocycles. The van der Waals surface area contributed by atoms with Gasteiger partial charge < -0.3 is 9.72 Å². The van der Waals surface area contributed by atoms with Crippen LogP contribution in [0.25, 0.3) is 49.1 Å². The Balaban J connectivity index is 1.27. The molecule has 4 heterocycles. The number of hydrogen-bond donors (Lipinski definition) is 2. The van der Waals surface area contributed by atoms with Crippen LogP contribution in [-0.2, 0) is 4.79 Å². The number of amides is 1. The first kappa shape index (κ1) is 20.4. The van der Waals surface area contributed by atoms with Crippen LogP contribution in [0.5, 0.6) is 5.75 Å². The molecule has 0 aliphatic rings. The summed E-state index contributed by atoms with van der Waals surface area (Å²) in [4.78, 5) is 38.2. The average Bonchev–Trinajstić information content (AvgIpc) is 3.46. The highest BCUT2D eigenvalue weighted by atomic mass is 16.5. The van der Waals surface area contributed by atoms with Crippen LogP contribution in [0.1, 0.15) is 6.92 Å². The largest absolute Gasteiger partial charge is 0.481 e. The SMILES string of the molecule is CC(Oc1ccc2c(c1)c1ccnc3c4ccccc4c(=O)n2c13)C(=O)Nc1nc2ccccc2[nH]1. The van der Waals surface area contributed by atoms with Crippen molar-refractivity contribution in [3.63, 3.8) is 0 Å². The van der Waals surface area contributed by atoms with E-state index in [0.717, 1.165) is 43.7 Å². The van der Waals surface area contributed by atoms with E-state index < -0.39 is 6.10 Å². The highest BCUT2D eigenvalue weighted by Crippen LogP contribution is 2.34. The van der Waals surface area contributed by atoms with Gasteiger partial charge >= 0.3 is 0 Å². The van der Waals surface area contributed by atoms with Crippen molar-refractivity contribution < 1.29 is 9.53 Å². The maximum absolute atomic E-state index is 13.4. The number of anilines is 1. The van der Waals surface area contributed by atoms with E-state index in [1.807, 2.05) is 66.7 Å². The second-order valence-corrected chi connectivity index (χ2v) is 8.77. The minimum absolute atomic E-state index is 0.0849. The van der Waals surface area contributed by atoms with Crippen LogP contribution in [0.3, 0.4) is 0 Å². The van der Waals surface area contributed by atoms with Crippen LogP contribution >= 0.6 is 0 Å². The van der Waals surface area contributed by atoms with E-state index >= 15 is 0 Å². The van der Waals surface area contributed by atoms with E-state index in [1.165, 1.54) is 0 Å². The van der Waals surface area contributed by atoms with Gasteiger partial charge in [0.1, 0.15) is 5.75 Å². The molecule has 0 radical (unpaired) electrons. The minimum atomic E-state index is -0.775. The zero-order valence-electron chi connectivity index (χ0n) is 19.1. The lowest BCUT2D eigenvalue weighted by Crippen LogP contribution is -2.30. The monoisotopic (exact) mass is 473 g/mol. The molecule has 2 N–H and O–H groups in total. The molecule has 7 rings (SSSR count). The third-order valence-corrected chi connectivity index (χ3v) is 6.58. The first-order valence-electron chi connectivity index (χ1n) is 11.6. The molecule has 4 aromatic heterocycles. The average molecular weight is 473 g/mol. The van der Waals surface area contributed by atoms with Gasteiger partial charge in [-0.3, -0.25) is 24.3 Å². The Hall–Kier alpha value is -4.98. The van der Waals surface area contributed by atoms with E-state index in [9.17, 15) is 9.59 Å². The van der Waals surface area contributed by atoms with E-state index in [0.29, 0.717) is 17.1 Å². The van der Waals surface area contributed by atoms with Crippen molar-refractivity contribution in [1.82, 2.24) is 19.4 Å². The highest BCUT2D eigenvalue weighted by Gasteiger charge is 2.20. The predicted octanol–water partition coefficient (Wildman–Crippen LogP) is 4.87. The molecule has 0 bridgehead atoms. The third-order valence-electron chi connectivity index (χ3n) is 6.58. The smallest absolute Gasteiger partial charge is 0.267 e. The number of aromatic nitrogens is 4. The van der Waals surface area contributed by atoms with Crippen molar-refractivity contribution in [3.8, 4) is 5.75 Å². The quantitative estimate of drug-likeness (QED) is 0.355. The molecule has 3 aromatic carbocycles. The Morgan fingerprint density at radius 3 is 2.64 bits per heavy atom. The molecular weight excluding hydrogens is 454 g/mol. The first-order chi connectivity index (χ1) is 17.6. The van der Waals surface area contributed by atoms with Crippen molar-refractivity contribution in [2.45, 2.75) is 13.0 Å². The van der Waals surface area contributed by atoms with E-state index in [1.54, 1.807) is 23.6 Å². The lowest BCUT2D eigenvalue weighted by molar-refractivity contribution is -0.122. The molecule has 1 amide bonds. The first-order valence-corrected chi connectivity index (χ1v) is 11.6. The van der Waals surface area contributed by atoms with Gasteiger partial charge in [-0.05, 0) is 49.4 Å². The minimum Gasteiger partial charge on any atom is -0.481 e. The fourth-order valence-electron chi connectivity index (χ4n) is 4.91. The van der Waals surface area contributed by atoms with Crippen LogP contribution in [0.15, 0.2) is 83.8 Å². The zero-order chi connectivity index (χ0) is 24.4. The molecule has 1 atom stereocenters. The van der Waals surface area contributed by atoms with E-state index in [2.05, 4.69) is 20.3 Å². The van der Waals surface area contributed by atoms with E-state index in [4.69, 9.17) is 4.74 Å². The topological polar surface area (TPSA) is 101 Å². The van der Waals surface area contributed by atoms with Crippen molar-refractivity contribution in [2.75, 3.05) is 5.32 Å². The summed E-state index contributed by atoms with van der Waals surface area (Å²) in [5.74, 6) is 0.565. The molecule has 0 fully saturated rings. The number of imidazole rings is 1. The Morgan fingerprint density at radius 1 is 0.972 bits per heavy atom. The normalized spacial score (nSPS) is 12.7. The van der Waals surface area contributed by atoms with Gasteiger partial charge in [0, 0.05) is 27.7 Å². The van der Waals surface area contributed by atoms with Crippen LogP contribution in [0.2, 0.25) is 0 Å². The molecule has 0 aliphatic carbocycles. The molecular formula is C28H19N5O3. The summed E-state index contributed by atoms with van der Waals surface area (Å²) in [5, 5.41) is 5.99. The summed E-state index contributed by atoms with van der Waals surface area (Å²) in [5.41, 5.74) is 3.85. The summed E-state index contributed by atoms with van der Waals surface area (Å²) < 4.78 is 7.71. The fourth-order valence-corrected chi connectivity index (χ4v) is 4.91. The standard InChI is InChI=1S/C28H19N5O3/c1-15(26(34)32-28-30-21-8-4-5-9-22(21)31-28)36-16-10-11-23-20(14-16)18-12-13-29-24-17-6-2-3-7-19(17)27(35)33(23)25(18)24/h2-15H,1H3,(H2,30,31,32,34). The number of carbonyl (C=O) groups excluding carboxylic acids is 1. The maximum atomic E-state index is 13.4. The van der Waals surface area contributed by atoms with Gasteiger partial charge in [-0.2, -0.15) is 0 Å². The molecule has 0 spiro atoms. The Kier molecular flexibility index (Phi) is 4.26. The van der Waals surface area contributed by atoms with Gasteiger partial charge in [-0.15, -0.1) is 0 Å². The van der Waals surface area contributed by atoms with Crippen molar-refractivity contribution >= 4 is 61.0 Å². The maximum Gasteiger partial charge on any atom is 0.267 e. The number of ether oxygens (including phenoxy) is 1. The summed E-state index contributed by atoms with van der Waals surface area (Å²) in [7, 11) is 0. The Bertz CT molecular complexity index is 1990. The van der Waals surface area contributed by atoms with Gasteiger partial charge in [0.05, 0.1) is 27.6 Å². The fraction of sp³-hybridized carbons (Fsp3) is 0.0714. The molecule has 0 saturated heterocycles. The number of carbonyl (C=O) groups is 1. The van der Waals surface area contributed by atoms with Gasteiger partial charge in [0.2, 0.25) is 5.95 Å². The number of H-pyrrole nitrogens is 1. The molecule has 0 saturated carbocycles. The number of benzene rings is 3. The van der Waals surface area contributed by atoms with Crippen molar-refractivity contribution in [2.24, 2.45) is 0 Å². The van der Waals surface area contributed by atoms with Gasteiger partial charge in [-0.1, -0.05) is 30.3 Å². The van der Waals surface area contributed by atoms with Crippen molar-refractivity contribution in [1.29, 1.82) is 0 Å². The molecule has 8 nitrogen and oxygen atoms in total. The lowest BCUT2D eigenvalue weighted by atomic mass is 10.1. The second kappa shape index (κ2) is 7.51. The summed E-state index contributed by atoms with van der Waals surface area (Å²) in [6, 6.07) is 22.5. The Labute approximate surface area is 203 Å². The predicted molar refractivity (Wildman–Crippen MR) is 140 cm³/mol. The Morgan fingerprint density at radius 2 is 1.78 bits per heavy atom.